The highest BCUT2D eigenvalue weighted by molar-refractivity contribution is 5.97. The molecule has 2 nitrogen and oxygen atoms in total. The van der Waals surface area contributed by atoms with Crippen LogP contribution in [0, 0.1) is 11.3 Å². The van der Waals surface area contributed by atoms with Gasteiger partial charge >= 0.3 is 0 Å². The molecule has 0 atom stereocenters. The van der Waals surface area contributed by atoms with Crippen molar-refractivity contribution in [1.29, 1.82) is 0 Å². The van der Waals surface area contributed by atoms with Crippen LogP contribution >= 0.6 is 0 Å². The molecule has 0 fully saturated rings. The Balaban J connectivity index is 2.80. The SMILES string of the molecule is C/C=C/C=C/CC(=O)C1=CN(CC(C)C)CCC1(C)C. The summed E-state index contributed by atoms with van der Waals surface area (Å²) in [7, 11) is 0. The van der Waals surface area contributed by atoms with Gasteiger partial charge in [0.25, 0.3) is 0 Å². The zero-order chi connectivity index (χ0) is 15.2. The summed E-state index contributed by atoms with van der Waals surface area (Å²) in [6.45, 7) is 12.8. The maximum atomic E-state index is 12.4. The zero-order valence-electron chi connectivity index (χ0n) is 13.6. The van der Waals surface area contributed by atoms with E-state index in [0.29, 0.717) is 12.3 Å². The van der Waals surface area contributed by atoms with Crippen molar-refractivity contribution in [3.63, 3.8) is 0 Å². The molecule has 0 N–H and O–H groups in total. The second-order valence-electron chi connectivity index (χ2n) is 6.65. The molecule has 0 saturated heterocycles. The van der Waals surface area contributed by atoms with Crippen LogP contribution in [0.1, 0.15) is 47.5 Å². The summed E-state index contributed by atoms with van der Waals surface area (Å²) in [6.07, 6.45) is 11.5. The van der Waals surface area contributed by atoms with Crippen LogP contribution in [0.25, 0.3) is 0 Å². The smallest absolute Gasteiger partial charge is 0.164 e. The van der Waals surface area contributed by atoms with Gasteiger partial charge in [-0.05, 0) is 24.7 Å². The van der Waals surface area contributed by atoms with Crippen molar-refractivity contribution in [2.24, 2.45) is 11.3 Å². The molecule has 0 radical (unpaired) electrons. The third kappa shape index (κ3) is 4.99. The molecule has 0 unspecified atom stereocenters. The molecule has 0 saturated carbocycles. The van der Waals surface area contributed by atoms with Crippen LogP contribution < -0.4 is 0 Å². The third-order valence-corrected chi connectivity index (χ3v) is 3.71. The molecule has 0 aliphatic carbocycles. The minimum absolute atomic E-state index is 0.000994. The van der Waals surface area contributed by atoms with Gasteiger partial charge in [-0.2, -0.15) is 0 Å². The molecule has 1 heterocycles. The van der Waals surface area contributed by atoms with Crippen molar-refractivity contribution in [3.8, 4) is 0 Å². The lowest BCUT2D eigenvalue weighted by atomic mass is 9.76. The summed E-state index contributed by atoms with van der Waals surface area (Å²) in [6, 6.07) is 0. The van der Waals surface area contributed by atoms with E-state index in [-0.39, 0.29) is 11.2 Å². The second kappa shape index (κ2) is 7.47. The lowest BCUT2D eigenvalue weighted by molar-refractivity contribution is -0.116. The highest BCUT2D eigenvalue weighted by atomic mass is 16.1. The summed E-state index contributed by atoms with van der Waals surface area (Å²) in [5.74, 6) is 0.877. The summed E-state index contributed by atoms with van der Waals surface area (Å²) >= 11 is 0. The van der Waals surface area contributed by atoms with E-state index in [4.69, 9.17) is 0 Å². The molecule has 1 aliphatic heterocycles. The first-order chi connectivity index (χ1) is 9.36. The van der Waals surface area contributed by atoms with E-state index in [1.54, 1.807) is 0 Å². The Morgan fingerprint density at radius 3 is 2.70 bits per heavy atom. The Bertz CT molecular complexity index is 413. The number of Topliss-reactive ketones (excluding diaryl/α,β-unsaturated/α-hetero) is 1. The first kappa shape index (κ1) is 16.7. The number of rotatable bonds is 6. The topological polar surface area (TPSA) is 20.3 Å². The summed E-state index contributed by atoms with van der Waals surface area (Å²) in [4.78, 5) is 14.7. The van der Waals surface area contributed by atoms with Crippen LogP contribution in [-0.2, 0) is 4.79 Å². The Hall–Kier alpha value is -1.31. The lowest BCUT2D eigenvalue weighted by Gasteiger charge is -2.37. The molecular formula is C18H29NO. The van der Waals surface area contributed by atoms with Crippen LogP contribution in [0.4, 0.5) is 0 Å². The largest absolute Gasteiger partial charge is 0.377 e. The number of allylic oxidation sites excluding steroid dienone is 5. The molecule has 0 aromatic heterocycles. The number of nitrogens with zero attached hydrogens (tertiary/aromatic N) is 1. The number of carbonyl (C=O) groups is 1. The van der Waals surface area contributed by atoms with Gasteiger partial charge in [-0.15, -0.1) is 0 Å². The van der Waals surface area contributed by atoms with Crippen LogP contribution in [0.15, 0.2) is 36.1 Å². The fourth-order valence-electron chi connectivity index (χ4n) is 2.52. The van der Waals surface area contributed by atoms with E-state index in [2.05, 4.69) is 38.8 Å². The Morgan fingerprint density at radius 1 is 1.40 bits per heavy atom. The Morgan fingerprint density at radius 2 is 2.10 bits per heavy atom. The second-order valence-corrected chi connectivity index (χ2v) is 6.65. The highest BCUT2D eigenvalue weighted by Crippen LogP contribution is 2.35. The monoisotopic (exact) mass is 275 g/mol. The maximum absolute atomic E-state index is 12.4. The number of hydrogen-bond acceptors (Lipinski definition) is 2. The number of hydrogen-bond donors (Lipinski definition) is 0. The van der Waals surface area contributed by atoms with Crippen LogP contribution in [0.5, 0.6) is 0 Å². The highest BCUT2D eigenvalue weighted by Gasteiger charge is 2.32. The molecule has 0 aromatic carbocycles. The maximum Gasteiger partial charge on any atom is 0.164 e. The Kier molecular flexibility index (Phi) is 6.25. The molecule has 20 heavy (non-hydrogen) atoms. The quantitative estimate of drug-likeness (QED) is 0.672. The van der Waals surface area contributed by atoms with Gasteiger partial charge in [-0.1, -0.05) is 52.0 Å². The minimum atomic E-state index is -0.000994. The van der Waals surface area contributed by atoms with Gasteiger partial charge < -0.3 is 4.90 Å². The standard InChI is InChI=1S/C18H29NO/c1-6-7-8-9-10-17(20)16-14-19(13-15(2)3)12-11-18(16,4)5/h6-9,14-15H,10-13H2,1-5H3/b7-6+,9-8+. The van der Waals surface area contributed by atoms with Crippen LogP contribution in [0.2, 0.25) is 0 Å². The molecule has 0 amide bonds. The van der Waals surface area contributed by atoms with E-state index in [9.17, 15) is 4.79 Å². The zero-order valence-corrected chi connectivity index (χ0v) is 13.6. The minimum Gasteiger partial charge on any atom is -0.377 e. The molecule has 0 spiro atoms. The van der Waals surface area contributed by atoms with Gasteiger partial charge in [0.15, 0.2) is 5.78 Å². The van der Waals surface area contributed by atoms with E-state index in [1.807, 2.05) is 31.2 Å². The van der Waals surface area contributed by atoms with Crippen LogP contribution in [0.3, 0.4) is 0 Å². The average Bonchev–Trinajstić information content (AvgIpc) is 2.36. The van der Waals surface area contributed by atoms with Gasteiger partial charge in [0.1, 0.15) is 0 Å². The van der Waals surface area contributed by atoms with Gasteiger partial charge in [0.2, 0.25) is 0 Å². The number of carbonyl (C=O) groups excluding carboxylic acids is 1. The van der Waals surface area contributed by atoms with E-state index in [1.165, 1.54) is 0 Å². The van der Waals surface area contributed by atoms with Crippen molar-refractivity contribution in [2.45, 2.75) is 47.5 Å². The normalized spacial score (nSPS) is 19.1. The molecule has 112 valence electrons. The molecule has 0 bridgehead atoms. The van der Waals surface area contributed by atoms with E-state index in [0.717, 1.165) is 25.1 Å². The molecular weight excluding hydrogens is 246 g/mol. The molecule has 1 aliphatic rings. The van der Waals surface area contributed by atoms with Gasteiger partial charge in [-0.3, -0.25) is 4.79 Å². The van der Waals surface area contributed by atoms with Gasteiger partial charge in [0, 0.05) is 31.3 Å². The van der Waals surface area contributed by atoms with Crippen molar-refractivity contribution in [1.82, 2.24) is 4.90 Å². The first-order valence-corrected chi connectivity index (χ1v) is 7.64. The summed E-state index contributed by atoms with van der Waals surface area (Å²) in [5, 5.41) is 0. The van der Waals surface area contributed by atoms with Crippen molar-refractivity contribution in [3.05, 3.63) is 36.1 Å². The fraction of sp³-hybridized carbons (Fsp3) is 0.611. The number of ketones is 1. The summed E-state index contributed by atoms with van der Waals surface area (Å²) < 4.78 is 0. The van der Waals surface area contributed by atoms with Crippen molar-refractivity contribution < 1.29 is 4.79 Å². The predicted octanol–water partition coefficient (Wildman–Crippen LogP) is 4.35. The summed E-state index contributed by atoms with van der Waals surface area (Å²) in [5.41, 5.74) is 0.980. The first-order valence-electron chi connectivity index (χ1n) is 7.64. The van der Waals surface area contributed by atoms with Crippen LogP contribution in [-0.4, -0.2) is 23.8 Å². The lowest BCUT2D eigenvalue weighted by Crippen LogP contribution is -2.36. The van der Waals surface area contributed by atoms with E-state index < -0.39 is 0 Å². The van der Waals surface area contributed by atoms with Crippen molar-refractivity contribution in [2.75, 3.05) is 13.1 Å². The third-order valence-electron chi connectivity index (χ3n) is 3.71. The molecule has 0 aromatic rings. The Labute approximate surface area is 124 Å². The van der Waals surface area contributed by atoms with E-state index >= 15 is 0 Å². The molecule has 1 rings (SSSR count). The van der Waals surface area contributed by atoms with Crippen molar-refractivity contribution >= 4 is 5.78 Å². The molecule has 2 heteroatoms. The average molecular weight is 275 g/mol. The predicted molar refractivity (Wildman–Crippen MR) is 86.5 cm³/mol. The van der Waals surface area contributed by atoms with Gasteiger partial charge in [-0.25, -0.2) is 0 Å². The fourth-order valence-corrected chi connectivity index (χ4v) is 2.52. The van der Waals surface area contributed by atoms with Gasteiger partial charge in [0.05, 0.1) is 0 Å².